The van der Waals surface area contributed by atoms with Crippen LogP contribution in [-0.2, 0) is 71.5 Å². The van der Waals surface area contributed by atoms with Crippen molar-refractivity contribution in [3.8, 4) is 5.75 Å². The van der Waals surface area contributed by atoms with Gasteiger partial charge in [0.15, 0.2) is 5.78 Å². The molecule has 0 spiro atoms. The number of fused-ring (bicyclic) bond motifs is 5. The minimum absolute atomic E-state index is 0.00215. The van der Waals surface area contributed by atoms with Crippen molar-refractivity contribution in [2.75, 3.05) is 39.8 Å². The maximum absolute atomic E-state index is 15.2. The lowest BCUT2D eigenvalue weighted by Gasteiger charge is -2.41. The number of hydrogen-bond acceptors (Lipinski definition) is 15. The summed E-state index contributed by atoms with van der Waals surface area (Å²) in [7, 11) is 5.37. The average Bonchev–Trinajstić information content (AvgIpc) is 1.59. The van der Waals surface area contributed by atoms with Crippen LogP contribution in [-0.4, -0.2) is 146 Å². The van der Waals surface area contributed by atoms with E-state index < -0.39 is 138 Å². The van der Waals surface area contributed by atoms with Crippen molar-refractivity contribution in [2.24, 2.45) is 29.4 Å². The quantitative estimate of drug-likeness (QED) is 0.0350. The zero-order chi connectivity index (χ0) is 67.9. The van der Waals surface area contributed by atoms with Gasteiger partial charge in [0.1, 0.15) is 57.9 Å². The highest BCUT2D eigenvalue weighted by molar-refractivity contribution is 6.35. The van der Waals surface area contributed by atoms with Crippen LogP contribution in [0.5, 0.6) is 5.75 Å². The van der Waals surface area contributed by atoms with Crippen molar-refractivity contribution in [3.63, 3.8) is 0 Å². The van der Waals surface area contributed by atoms with Gasteiger partial charge in [-0.25, -0.2) is 9.59 Å². The van der Waals surface area contributed by atoms with Crippen molar-refractivity contribution < 1.29 is 85.1 Å². The molecule has 2 fully saturated rings. The number of aliphatic hydroxyl groups is 1. The molecule has 0 aromatic heterocycles. The summed E-state index contributed by atoms with van der Waals surface area (Å²) in [5.41, 5.74) is 1.31. The number of allylic oxidation sites excluding steroid dienone is 3. The predicted octanol–water partition coefficient (Wildman–Crippen LogP) is 9.72. The summed E-state index contributed by atoms with van der Waals surface area (Å²) in [5, 5.41) is 17.3. The van der Waals surface area contributed by atoms with Gasteiger partial charge in [-0.2, -0.15) is 13.2 Å². The molecule has 2 aromatic rings. The number of halogens is 4. The Hall–Kier alpha value is -6.69. The third kappa shape index (κ3) is 20.2. The summed E-state index contributed by atoms with van der Waals surface area (Å²) in [6.45, 7) is 13.9. The molecule has 5 amide bonds. The Morgan fingerprint density at radius 3 is 2.25 bits per heavy atom. The topological polar surface area (TPSA) is 280 Å². The number of anilines is 1. The van der Waals surface area contributed by atoms with E-state index in [4.69, 9.17) is 41.0 Å². The fourth-order valence-electron chi connectivity index (χ4n) is 12.1. The minimum atomic E-state index is -5.19. The van der Waals surface area contributed by atoms with Crippen LogP contribution >= 0.6 is 11.6 Å². The number of nitrogens with two attached hydrogens (primary N) is 1. The summed E-state index contributed by atoms with van der Waals surface area (Å²) in [5.74, 6) is -6.57. The van der Waals surface area contributed by atoms with Crippen LogP contribution < -0.4 is 26.0 Å². The zero-order valence-electron chi connectivity index (χ0n) is 54.6. The number of esters is 2. The number of carbonyl (C=O) groups is 9. The standard InChI is InChI=1S/C67H93ClF3N5O15/c1-13-44(14-2)51(78)24-18-16-15-17-22-45(77)34-47(38(3)4)61(82)74-49(23-20-28-73-64(72)85)52(79)32-42-26-27-46(48(30-42)67(69,70)71)62(83)75(9)41(7)63(84)90-56-35-57(80)76(10)50-31-43(33-53(87-11)59(50)68)29-39(5)21-19-25-55(88-12)66(86)36-54(89-58(81)37-66)40(6)60-65(56,8)91-60/h19,21,25-27,30-31,33,38,40-41,44,47,49,54-56,60,86H,13-18,20,22-24,28-29,32,34-37H2,1-12H3,(H,74,82)(H3,72,73,85)/b25-19+,39-21+/t40-,41+,47+,49+,54+,55-,56+,60+,65+,66-/m1/s1. The molecule has 2 aromatic carbocycles. The number of primary amides is 1. The number of amides is 5. The van der Waals surface area contributed by atoms with E-state index in [1.807, 2.05) is 26.8 Å². The van der Waals surface area contributed by atoms with Crippen LogP contribution in [0.3, 0.4) is 0 Å². The van der Waals surface area contributed by atoms with E-state index in [0.29, 0.717) is 30.9 Å². The highest BCUT2D eigenvalue weighted by atomic mass is 35.5. The van der Waals surface area contributed by atoms with Crippen molar-refractivity contribution in [2.45, 2.75) is 212 Å². The van der Waals surface area contributed by atoms with Gasteiger partial charge in [-0.3, -0.25) is 33.6 Å². The lowest BCUT2D eigenvalue weighted by atomic mass is 9.78. The van der Waals surface area contributed by atoms with Crippen molar-refractivity contribution >= 4 is 70.3 Å². The van der Waals surface area contributed by atoms with E-state index in [1.165, 1.54) is 33.1 Å². The Labute approximate surface area is 537 Å². The molecule has 504 valence electrons. The largest absolute Gasteiger partial charge is 0.495 e. The van der Waals surface area contributed by atoms with Crippen LogP contribution in [0.15, 0.2) is 54.1 Å². The van der Waals surface area contributed by atoms with Crippen LogP contribution in [0.1, 0.15) is 172 Å². The minimum Gasteiger partial charge on any atom is -0.495 e. The third-order valence-electron chi connectivity index (χ3n) is 18.0. The Morgan fingerprint density at radius 1 is 0.967 bits per heavy atom. The zero-order valence-corrected chi connectivity index (χ0v) is 55.3. The number of hydrogen-bond donors (Lipinski definition) is 4. The molecule has 3 aliphatic heterocycles. The van der Waals surface area contributed by atoms with E-state index in [9.17, 15) is 48.3 Å². The normalized spacial score (nSPS) is 24.0. The molecule has 4 bridgehead atoms. The Balaban J connectivity index is 1.37. The van der Waals surface area contributed by atoms with Gasteiger partial charge in [0.25, 0.3) is 5.91 Å². The number of likely N-dealkylation sites (N-methyl/N-ethyl adjacent to an activating group) is 1. The van der Waals surface area contributed by atoms with Crippen molar-refractivity contribution in [1.29, 1.82) is 0 Å². The Morgan fingerprint density at radius 2 is 1.64 bits per heavy atom. The second-order valence-electron chi connectivity index (χ2n) is 25.1. The van der Waals surface area contributed by atoms with Gasteiger partial charge in [0, 0.05) is 77.6 Å². The maximum Gasteiger partial charge on any atom is 0.417 e. The van der Waals surface area contributed by atoms with E-state index in [2.05, 4.69) is 10.6 Å². The highest BCUT2D eigenvalue weighted by Gasteiger charge is 2.64. The highest BCUT2D eigenvalue weighted by Crippen LogP contribution is 2.50. The first-order chi connectivity index (χ1) is 42.7. The average molecular weight is 1300 g/mol. The number of carbonyl (C=O) groups excluding carboxylic acids is 9. The summed E-state index contributed by atoms with van der Waals surface area (Å²) < 4.78 is 75.0. The molecular weight excluding hydrogens is 1210 g/mol. The third-order valence-corrected chi connectivity index (χ3v) is 18.4. The fourth-order valence-corrected chi connectivity index (χ4v) is 12.4. The molecule has 2 saturated heterocycles. The molecule has 0 unspecified atom stereocenters. The molecule has 3 heterocycles. The van der Waals surface area contributed by atoms with Gasteiger partial charge in [0.2, 0.25) is 11.8 Å². The van der Waals surface area contributed by atoms with Crippen LogP contribution in [0.4, 0.5) is 23.7 Å². The van der Waals surface area contributed by atoms with E-state index >= 15 is 13.2 Å². The van der Waals surface area contributed by atoms with Crippen LogP contribution in [0.2, 0.25) is 5.02 Å². The molecule has 91 heavy (non-hydrogen) atoms. The summed E-state index contributed by atoms with van der Waals surface area (Å²) >= 11 is 6.83. The fraction of sp³-hybridized carbons (Fsp3) is 0.627. The number of urea groups is 1. The molecule has 5 rings (SSSR count). The number of benzene rings is 2. The first-order valence-electron chi connectivity index (χ1n) is 31.4. The first kappa shape index (κ1) is 75.0. The molecule has 10 atom stereocenters. The number of epoxide rings is 1. The molecule has 24 heteroatoms. The van der Waals surface area contributed by atoms with Crippen LogP contribution in [0, 0.1) is 23.7 Å². The smallest absolute Gasteiger partial charge is 0.417 e. The molecule has 0 radical (unpaired) electrons. The van der Waals surface area contributed by atoms with Gasteiger partial charge in [-0.05, 0) is 107 Å². The van der Waals surface area contributed by atoms with E-state index in [0.717, 1.165) is 61.8 Å². The first-order valence-corrected chi connectivity index (χ1v) is 31.8. The van der Waals surface area contributed by atoms with Gasteiger partial charge < -0.3 is 55.0 Å². The SMILES string of the molecule is CCC(CC)C(=O)CCCCCCC(=O)C[C@H](C(=O)N[C@@H](CCCNC(N)=O)C(=O)Cc1ccc(C(=O)N(C)[C@@H](C)C(=O)O[C@H]2CC(=O)N(C)c3cc(cc(OC)c3Cl)C/C(C)=C/C=C/[C@@H](OC)[C@]3(O)CC(=O)O[C@@H](C3)[C@@H](C)[C@@H]3O[C@@]23C)c(C(F)(F)F)c1)C(C)C. The van der Waals surface area contributed by atoms with Gasteiger partial charge in [-0.15, -0.1) is 0 Å². The molecule has 0 aliphatic carbocycles. The van der Waals surface area contributed by atoms with Gasteiger partial charge >= 0.3 is 24.1 Å². The Kier molecular flexibility index (Phi) is 27.4. The van der Waals surface area contributed by atoms with Crippen molar-refractivity contribution in [1.82, 2.24) is 15.5 Å². The summed E-state index contributed by atoms with van der Waals surface area (Å²) in [4.78, 5) is 124. The number of nitrogens with one attached hydrogen (secondary N) is 2. The second-order valence-corrected chi connectivity index (χ2v) is 25.5. The predicted molar refractivity (Wildman–Crippen MR) is 335 cm³/mol. The molecule has 20 nitrogen and oxygen atoms in total. The number of rotatable bonds is 28. The van der Waals surface area contributed by atoms with Crippen molar-refractivity contribution in [3.05, 3.63) is 81.4 Å². The van der Waals surface area contributed by atoms with E-state index in [1.54, 1.807) is 52.0 Å². The number of unbranched alkanes of at least 4 members (excludes halogenated alkanes) is 3. The van der Waals surface area contributed by atoms with Gasteiger partial charge in [-0.1, -0.05) is 88.9 Å². The molecule has 3 aliphatic rings. The Bertz CT molecular complexity index is 3020. The number of alkyl halides is 3. The van der Waals surface area contributed by atoms with Gasteiger partial charge in [0.05, 0.1) is 48.9 Å². The second kappa shape index (κ2) is 33.2. The number of ketones is 3. The molecule has 5 N–H and O–H groups in total. The monoisotopic (exact) mass is 1300 g/mol. The molecular formula is C67H93ClF3N5O15. The number of ether oxygens (including phenoxy) is 5. The lowest BCUT2D eigenvalue weighted by Crippen LogP contribution is -2.53. The number of nitrogens with zero attached hydrogens (tertiary/aromatic N) is 2. The van der Waals surface area contributed by atoms with E-state index in [-0.39, 0.29) is 84.1 Å². The molecule has 0 saturated carbocycles. The number of methoxy groups -OCH3 is 2. The lowest BCUT2D eigenvalue weighted by molar-refractivity contribution is -0.187. The summed E-state index contributed by atoms with van der Waals surface area (Å²) in [6, 6.07) is 2.35. The van der Waals surface area contributed by atoms with Crippen LogP contribution in [0.25, 0.3) is 0 Å². The summed E-state index contributed by atoms with van der Waals surface area (Å²) in [6.07, 6.45) is -0.607. The number of Topliss-reactive ketones (excluding diaryl/α,β-unsaturated/α-hetero) is 3. The maximum atomic E-state index is 15.2.